The van der Waals surface area contributed by atoms with Gasteiger partial charge in [0.15, 0.2) is 0 Å². The maximum absolute atomic E-state index is 11.5. The van der Waals surface area contributed by atoms with Gasteiger partial charge >= 0.3 is 6.03 Å². The number of nitrogens with one attached hydrogen (secondary N) is 2. The summed E-state index contributed by atoms with van der Waals surface area (Å²) in [5.74, 6) is 0.697. The molecule has 1 atom stereocenters. The molecule has 0 saturated heterocycles. The second-order valence-corrected chi connectivity index (χ2v) is 3.83. The van der Waals surface area contributed by atoms with E-state index in [1.54, 1.807) is 7.05 Å². The van der Waals surface area contributed by atoms with Gasteiger partial charge in [0.2, 0.25) is 5.95 Å². The summed E-state index contributed by atoms with van der Waals surface area (Å²) in [7, 11) is 1.70. The summed E-state index contributed by atoms with van der Waals surface area (Å²) in [6.07, 6.45) is 2.99. The molecule has 0 aliphatic carbocycles. The number of rotatable bonds is 6. The van der Waals surface area contributed by atoms with Crippen LogP contribution in [0.1, 0.15) is 19.8 Å². The van der Waals surface area contributed by atoms with Crippen LogP contribution in [0, 0.1) is 5.92 Å². The van der Waals surface area contributed by atoms with E-state index in [0.29, 0.717) is 24.8 Å². The van der Waals surface area contributed by atoms with Gasteiger partial charge in [0.05, 0.1) is 0 Å². The molecule has 1 unspecified atom stereocenters. The highest BCUT2D eigenvalue weighted by atomic mass is 16.3. The molecule has 7 nitrogen and oxygen atoms in total. The van der Waals surface area contributed by atoms with Crippen molar-refractivity contribution in [3.05, 3.63) is 6.33 Å². The smallest absolute Gasteiger partial charge is 0.321 e. The molecule has 1 rings (SSSR count). The Bertz CT molecular complexity index is 352. The Balaban J connectivity index is 2.32. The zero-order valence-electron chi connectivity index (χ0n) is 10.2. The molecule has 96 valence electrons. The zero-order valence-corrected chi connectivity index (χ0v) is 10.2. The molecular weight excluding hydrogens is 222 g/mol. The molecule has 0 aromatic carbocycles. The first kappa shape index (κ1) is 13.4. The highest BCUT2D eigenvalue weighted by Crippen LogP contribution is 2.05. The number of hydrogen-bond acceptors (Lipinski definition) is 4. The van der Waals surface area contributed by atoms with Crippen LogP contribution in [0.5, 0.6) is 0 Å². The van der Waals surface area contributed by atoms with E-state index in [1.165, 1.54) is 11.0 Å². The predicted molar refractivity (Wildman–Crippen MR) is 63.5 cm³/mol. The zero-order chi connectivity index (χ0) is 12.7. The van der Waals surface area contributed by atoms with Gasteiger partial charge in [-0.05, 0) is 12.3 Å². The molecular formula is C10H19N5O2. The minimum Gasteiger partial charge on any atom is -0.396 e. The van der Waals surface area contributed by atoms with Crippen molar-refractivity contribution in [2.24, 2.45) is 13.0 Å². The van der Waals surface area contributed by atoms with Gasteiger partial charge in [-0.25, -0.2) is 9.48 Å². The molecule has 17 heavy (non-hydrogen) atoms. The molecule has 0 saturated carbocycles. The summed E-state index contributed by atoms with van der Waals surface area (Å²) in [5, 5.41) is 18.0. The van der Waals surface area contributed by atoms with Gasteiger partial charge in [0.25, 0.3) is 0 Å². The van der Waals surface area contributed by atoms with Crippen molar-refractivity contribution in [3.8, 4) is 0 Å². The Morgan fingerprint density at radius 2 is 2.41 bits per heavy atom. The summed E-state index contributed by atoms with van der Waals surface area (Å²) in [6, 6.07) is -0.308. The maximum Gasteiger partial charge on any atom is 0.321 e. The number of aliphatic hydroxyl groups is 1. The second kappa shape index (κ2) is 6.85. The fourth-order valence-electron chi connectivity index (χ4n) is 1.43. The fourth-order valence-corrected chi connectivity index (χ4v) is 1.43. The third-order valence-corrected chi connectivity index (χ3v) is 2.60. The van der Waals surface area contributed by atoms with Crippen LogP contribution in [0.15, 0.2) is 6.33 Å². The van der Waals surface area contributed by atoms with Crippen molar-refractivity contribution >= 4 is 12.0 Å². The minimum atomic E-state index is -0.308. The van der Waals surface area contributed by atoms with E-state index in [-0.39, 0.29) is 12.6 Å². The molecule has 0 bridgehead atoms. The molecule has 0 radical (unpaired) electrons. The van der Waals surface area contributed by atoms with Crippen molar-refractivity contribution in [1.82, 2.24) is 20.1 Å². The lowest BCUT2D eigenvalue weighted by Crippen LogP contribution is -2.34. The lowest BCUT2D eigenvalue weighted by molar-refractivity contribution is 0.238. The molecule has 0 spiro atoms. The van der Waals surface area contributed by atoms with E-state index in [0.717, 1.165) is 6.42 Å². The number of carbonyl (C=O) groups is 1. The maximum atomic E-state index is 11.5. The van der Waals surface area contributed by atoms with Gasteiger partial charge < -0.3 is 10.4 Å². The topological polar surface area (TPSA) is 92.1 Å². The monoisotopic (exact) mass is 241 g/mol. The van der Waals surface area contributed by atoms with E-state index in [9.17, 15) is 4.79 Å². The first-order chi connectivity index (χ1) is 8.17. The quantitative estimate of drug-likeness (QED) is 0.670. The van der Waals surface area contributed by atoms with Crippen molar-refractivity contribution in [2.45, 2.75) is 19.8 Å². The lowest BCUT2D eigenvalue weighted by Gasteiger charge is -2.14. The van der Waals surface area contributed by atoms with Crippen LogP contribution >= 0.6 is 0 Å². The van der Waals surface area contributed by atoms with Crippen molar-refractivity contribution in [1.29, 1.82) is 0 Å². The van der Waals surface area contributed by atoms with Gasteiger partial charge in [0.1, 0.15) is 6.33 Å². The van der Waals surface area contributed by atoms with Crippen LogP contribution in [0.3, 0.4) is 0 Å². The normalized spacial score (nSPS) is 12.2. The van der Waals surface area contributed by atoms with Crippen molar-refractivity contribution in [3.63, 3.8) is 0 Å². The van der Waals surface area contributed by atoms with Crippen LogP contribution in [0.4, 0.5) is 10.7 Å². The Labute approximate surface area is 100 Å². The van der Waals surface area contributed by atoms with Gasteiger partial charge in [-0.15, -0.1) is 0 Å². The second-order valence-electron chi connectivity index (χ2n) is 3.83. The highest BCUT2D eigenvalue weighted by molar-refractivity contribution is 5.87. The minimum absolute atomic E-state index is 0.144. The molecule has 0 fully saturated rings. The molecule has 1 heterocycles. The Kier molecular flexibility index (Phi) is 5.41. The number of hydrogen-bond donors (Lipinski definition) is 3. The van der Waals surface area contributed by atoms with Crippen LogP contribution in [0.25, 0.3) is 0 Å². The van der Waals surface area contributed by atoms with Crippen LogP contribution in [-0.2, 0) is 7.05 Å². The van der Waals surface area contributed by atoms with Gasteiger partial charge in [-0.3, -0.25) is 5.32 Å². The fraction of sp³-hybridized carbons (Fsp3) is 0.700. The summed E-state index contributed by atoms with van der Waals surface area (Å²) < 4.78 is 1.48. The number of urea groups is 1. The number of carbonyl (C=O) groups excluding carboxylic acids is 1. The Hall–Kier alpha value is -1.63. The summed E-state index contributed by atoms with van der Waals surface area (Å²) in [4.78, 5) is 15.4. The largest absolute Gasteiger partial charge is 0.396 e. The molecule has 7 heteroatoms. The number of amides is 2. The van der Waals surface area contributed by atoms with Crippen molar-refractivity contribution in [2.75, 3.05) is 18.5 Å². The molecule has 0 aliphatic rings. The van der Waals surface area contributed by atoms with Gasteiger partial charge in [0, 0.05) is 20.2 Å². The average Bonchev–Trinajstić information content (AvgIpc) is 2.70. The SMILES string of the molecule is CCC(CCO)CNC(=O)Nc1ncnn1C. The third kappa shape index (κ3) is 4.39. The number of aryl methyl sites for hydroxylation is 1. The van der Waals surface area contributed by atoms with Crippen LogP contribution < -0.4 is 10.6 Å². The third-order valence-electron chi connectivity index (χ3n) is 2.60. The van der Waals surface area contributed by atoms with Crippen LogP contribution in [0.2, 0.25) is 0 Å². The Morgan fingerprint density at radius 1 is 1.65 bits per heavy atom. The van der Waals surface area contributed by atoms with Crippen LogP contribution in [-0.4, -0.2) is 39.1 Å². The standard InChI is InChI=1S/C10H19N5O2/c1-3-8(4-5-16)6-11-10(17)14-9-12-7-13-15(9)2/h7-8,16H,3-6H2,1-2H3,(H2,11,12,13,14,17). The Morgan fingerprint density at radius 3 is 2.94 bits per heavy atom. The van der Waals surface area contributed by atoms with Gasteiger partial charge in [-0.2, -0.15) is 10.1 Å². The summed E-state index contributed by atoms with van der Waals surface area (Å²) >= 11 is 0. The molecule has 2 amide bonds. The first-order valence-electron chi connectivity index (χ1n) is 5.67. The number of aliphatic hydroxyl groups excluding tert-OH is 1. The average molecular weight is 241 g/mol. The molecule has 1 aromatic heterocycles. The van der Waals surface area contributed by atoms with E-state index in [2.05, 4.69) is 20.7 Å². The van der Waals surface area contributed by atoms with E-state index in [1.807, 2.05) is 6.92 Å². The number of nitrogens with zero attached hydrogens (tertiary/aromatic N) is 3. The molecule has 1 aromatic rings. The van der Waals surface area contributed by atoms with Gasteiger partial charge in [-0.1, -0.05) is 13.3 Å². The van der Waals surface area contributed by atoms with E-state index < -0.39 is 0 Å². The number of anilines is 1. The predicted octanol–water partition coefficient (Wildman–Crippen LogP) is 0.345. The summed E-state index contributed by atoms with van der Waals surface area (Å²) in [6.45, 7) is 2.72. The van der Waals surface area contributed by atoms with E-state index in [4.69, 9.17) is 5.11 Å². The van der Waals surface area contributed by atoms with Crippen molar-refractivity contribution < 1.29 is 9.90 Å². The lowest BCUT2D eigenvalue weighted by atomic mass is 10.0. The summed E-state index contributed by atoms with van der Waals surface area (Å²) in [5.41, 5.74) is 0. The highest BCUT2D eigenvalue weighted by Gasteiger charge is 2.09. The molecule has 0 aliphatic heterocycles. The molecule has 3 N–H and O–H groups in total. The number of aromatic nitrogens is 3. The van der Waals surface area contributed by atoms with E-state index >= 15 is 0 Å². The first-order valence-corrected chi connectivity index (χ1v) is 5.67.